The molecule has 0 aliphatic rings. The van der Waals surface area contributed by atoms with Crippen LogP contribution < -0.4 is 4.74 Å². The lowest BCUT2D eigenvalue weighted by molar-refractivity contribution is -0.137. The maximum Gasteiger partial charge on any atom is 0.416 e. The maximum atomic E-state index is 12.3. The number of ether oxygens (including phenoxy) is 1. The molecule has 16 heavy (non-hydrogen) atoms. The third-order valence-electron chi connectivity index (χ3n) is 1.83. The van der Waals surface area contributed by atoms with Gasteiger partial charge in [-0.1, -0.05) is 25.4 Å². The van der Waals surface area contributed by atoms with Crippen molar-refractivity contribution in [1.82, 2.24) is 0 Å². The molecule has 0 N–H and O–H groups in total. The van der Waals surface area contributed by atoms with Crippen molar-refractivity contribution in [2.75, 3.05) is 6.61 Å². The highest BCUT2D eigenvalue weighted by molar-refractivity contribution is 6.32. The van der Waals surface area contributed by atoms with Crippen molar-refractivity contribution in [3.8, 4) is 5.75 Å². The van der Waals surface area contributed by atoms with Gasteiger partial charge in [-0.05, 0) is 24.1 Å². The molecule has 0 heterocycles. The molecule has 0 bridgehead atoms. The Morgan fingerprint density at radius 1 is 1.31 bits per heavy atom. The highest BCUT2D eigenvalue weighted by Crippen LogP contribution is 2.34. The first kappa shape index (κ1) is 13.2. The zero-order valence-electron chi connectivity index (χ0n) is 8.94. The largest absolute Gasteiger partial charge is 0.492 e. The molecule has 1 rings (SSSR count). The van der Waals surface area contributed by atoms with Crippen molar-refractivity contribution in [2.24, 2.45) is 5.92 Å². The molecular formula is C11H12ClF3O. The first-order chi connectivity index (χ1) is 7.30. The summed E-state index contributed by atoms with van der Waals surface area (Å²) in [4.78, 5) is 0. The van der Waals surface area contributed by atoms with E-state index in [2.05, 4.69) is 0 Å². The second-order valence-corrected chi connectivity index (χ2v) is 4.26. The Labute approximate surface area is 97.2 Å². The van der Waals surface area contributed by atoms with Gasteiger partial charge in [0.05, 0.1) is 17.2 Å². The van der Waals surface area contributed by atoms with Gasteiger partial charge >= 0.3 is 6.18 Å². The Kier molecular flexibility index (Phi) is 4.08. The summed E-state index contributed by atoms with van der Waals surface area (Å²) in [6.45, 7) is 4.31. The zero-order valence-corrected chi connectivity index (χ0v) is 9.69. The molecule has 0 spiro atoms. The molecule has 0 radical (unpaired) electrons. The number of rotatable bonds is 3. The van der Waals surface area contributed by atoms with E-state index in [9.17, 15) is 13.2 Å². The van der Waals surface area contributed by atoms with Crippen LogP contribution in [0.3, 0.4) is 0 Å². The Morgan fingerprint density at radius 3 is 2.38 bits per heavy atom. The maximum absolute atomic E-state index is 12.3. The van der Waals surface area contributed by atoms with Crippen molar-refractivity contribution in [3.05, 3.63) is 28.8 Å². The van der Waals surface area contributed by atoms with E-state index in [0.29, 0.717) is 12.5 Å². The third kappa shape index (κ3) is 3.59. The highest BCUT2D eigenvalue weighted by Gasteiger charge is 2.31. The number of alkyl halides is 3. The molecule has 90 valence electrons. The SMILES string of the molecule is CC(C)COc1ccc(C(F)(F)F)cc1Cl. The smallest absolute Gasteiger partial charge is 0.416 e. The summed E-state index contributed by atoms with van der Waals surface area (Å²) in [7, 11) is 0. The standard InChI is InChI=1S/C11H12ClF3O/c1-7(2)6-16-10-4-3-8(5-9(10)12)11(13,14)15/h3-5,7H,6H2,1-2H3. The van der Waals surface area contributed by atoms with E-state index >= 15 is 0 Å². The van der Waals surface area contributed by atoms with Gasteiger partial charge in [0.15, 0.2) is 0 Å². The summed E-state index contributed by atoms with van der Waals surface area (Å²) in [6, 6.07) is 3.08. The van der Waals surface area contributed by atoms with Crippen LogP contribution in [0.1, 0.15) is 19.4 Å². The lowest BCUT2D eigenvalue weighted by atomic mass is 10.2. The van der Waals surface area contributed by atoms with E-state index in [0.717, 1.165) is 12.1 Å². The van der Waals surface area contributed by atoms with Gasteiger partial charge in [0.2, 0.25) is 0 Å². The number of benzene rings is 1. The van der Waals surface area contributed by atoms with Crippen molar-refractivity contribution >= 4 is 11.6 Å². The second-order valence-electron chi connectivity index (χ2n) is 3.85. The molecular weight excluding hydrogens is 241 g/mol. The van der Waals surface area contributed by atoms with Gasteiger partial charge in [-0.15, -0.1) is 0 Å². The molecule has 0 fully saturated rings. The van der Waals surface area contributed by atoms with Gasteiger partial charge < -0.3 is 4.74 Å². The van der Waals surface area contributed by atoms with E-state index in [1.807, 2.05) is 13.8 Å². The quantitative estimate of drug-likeness (QED) is 0.775. The fourth-order valence-electron chi connectivity index (χ4n) is 1.05. The summed E-state index contributed by atoms with van der Waals surface area (Å²) < 4.78 is 42.2. The van der Waals surface area contributed by atoms with Crippen molar-refractivity contribution in [3.63, 3.8) is 0 Å². The lowest BCUT2D eigenvalue weighted by Gasteiger charge is -2.12. The Hall–Kier alpha value is -0.900. The number of hydrogen-bond acceptors (Lipinski definition) is 1. The second kappa shape index (κ2) is 4.95. The average Bonchev–Trinajstić information content (AvgIpc) is 2.14. The van der Waals surface area contributed by atoms with E-state index in [4.69, 9.17) is 16.3 Å². The van der Waals surface area contributed by atoms with Crippen LogP contribution in [0, 0.1) is 5.92 Å². The van der Waals surface area contributed by atoms with Crippen LogP contribution in [0.4, 0.5) is 13.2 Å². The minimum absolute atomic E-state index is 0.0181. The van der Waals surface area contributed by atoms with E-state index < -0.39 is 11.7 Å². The molecule has 0 aliphatic heterocycles. The fraction of sp³-hybridized carbons (Fsp3) is 0.455. The van der Waals surface area contributed by atoms with Crippen LogP contribution in [0.5, 0.6) is 5.75 Å². The molecule has 1 aromatic carbocycles. The van der Waals surface area contributed by atoms with Crippen molar-refractivity contribution in [1.29, 1.82) is 0 Å². The Morgan fingerprint density at radius 2 is 1.94 bits per heavy atom. The fourth-order valence-corrected chi connectivity index (χ4v) is 1.29. The molecule has 0 atom stereocenters. The van der Waals surface area contributed by atoms with E-state index in [1.54, 1.807) is 0 Å². The van der Waals surface area contributed by atoms with E-state index in [1.165, 1.54) is 6.07 Å². The molecule has 0 unspecified atom stereocenters. The summed E-state index contributed by atoms with van der Waals surface area (Å²) in [5.41, 5.74) is -0.769. The van der Waals surface area contributed by atoms with Gasteiger partial charge in [-0.3, -0.25) is 0 Å². The minimum Gasteiger partial charge on any atom is -0.492 e. The van der Waals surface area contributed by atoms with E-state index in [-0.39, 0.29) is 10.8 Å². The van der Waals surface area contributed by atoms with Gasteiger partial charge in [-0.2, -0.15) is 13.2 Å². The van der Waals surface area contributed by atoms with Crippen molar-refractivity contribution in [2.45, 2.75) is 20.0 Å². The number of hydrogen-bond donors (Lipinski definition) is 0. The first-order valence-electron chi connectivity index (χ1n) is 4.80. The lowest BCUT2D eigenvalue weighted by Crippen LogP contribution is -2.07. The van der Waals surface area contributed by atoms with Gasteiger partial charge in [0, 0.05) is 0 Å². The zero-order chi connectivity index (χ0) is 12.3. The molecule has 0 saturated carbocycles. The molecule has 0 aliphatic carbocycles. The molecule has 0 saturated heterocycles. The van der Waals surface area contributed by atoms with Crippen LogP contribution in [-0.4, -0.2) is 6.61 Å². The molecule has 0 aromatic heterocycles. The Balaban J connectivity index is 2.84. The van der Waals surface area contributed by atoms with Crippen LogP contribution in [0.25, 0.3) is 0 Å². The first-order valence-corrected chi connectivity index (χ1v) is 5.18. The van der Waals surface area contributed by atoms with Crippen LogP contribution >= 0.6 is 11.6 Å². The molecule has 5 heteroatoms. The summed E-state index contributed by atoms with van der Waals surface area (Å²) in [5.74, 6) is 0.571. The predicted octanol–water partition coefficient (Wildman–Crippen LogP) is 4.39. The monoisotopic (exact) mass is 252 g/mol. The summed E-state index contributed by atoms with van der Waals surface area (Å²) >= 11 is 5.69. The van der Waals surface area contributed by atoms with Gasteiger partial charge in [0.1, 0.15) is 5.75 Å². The highest BCUT2D eigenvalue weighted by atomic mass is 35.5. The normalized spacial score (nSPS) is 11.9. The van der Waals surface area contributed by atoms with Crippen LogP contribution in [0.2, 0.25) is 5.02 Å². The molecule has 1 aromatic rings. The van der Waals surface area contributed by atoms with Gasteiger partial charge in [0.25, 0.3) is 0 Å². The summed E-state index contributed by atoms with van der Waals surface area (Å²) in [6.07, 6.45) is -4.37. The number of halogens is 4. The average molecular weight is 253 g/mol. The van der Waals surface area contributed by atoms with Gasteiger partial charge in [-0.25, -0.2) is 0 Å². The Bertz CT molecular complexity index is 361. The summed E-state index contributed by atoms with van der Waals surface area (Å²) in [5, 5.41) is -0.0181. The third-order valence-corrected chi connectivity index (χ3v) is 2.13. The minimum atomic E-state index is -4.37. The molecule has 0 amide bonds. The molecule has 1 nitrogen and oxygen atoms in total. The van der Waals surface area contributed by atoms with Crippen LogP contribution in [-0.2, 0) is 6.18 Å². The van der Waals surface area contributed by atoms with Crippen LogP contribution in [0.15, 0.2) is 18.2 Å². The predicted molar refractivity (Wildman–Crippen MR) is 56.8 cm³/mol. The topological polar surface area (TPSA) is 9.23 Å². The van der Waals surface area contributed by atoms with Crippen molar-refractivity contribution < 1.29 is 17.9 Å².